The van der Waals surface area contributed by atoms with Crippen molar-refractivity contribution in [1.29, 1.82) is 0 Å². The molecular weight excluding hydrogens is 292 g/mol. The number of nitrogens with two attached hydrogens (primary N) is 1. The highest BCUT2D eigenvalue weighted by atomic mass is 35.5. The van der Waals surface area contributed by atoms with Gasteiger partial charge in [0.05, 0.1) is 23.4 Å². The smallest absolute Gasteiger partial charge is 0.259 e. The Labute approximate surface area is 127 Å². The summed E-state index contributed by atoms with van der Waals surface area (Å²) in [5, 5.41) is 3.14. The molecule has 0 bridgehead atoms. The number of rotatable bonds is 4. The van der Waals surface area contributed by atoms with E-state index in [9.17, 15) is 4.79 Å². The fraction of sp³-hybridized carbons (Fsp3) is 0.143. The van der Waals surface area contributed by atoms with Crippen molar-refractivity contribution in [2.75, 3.05) is 17.9 Å². The lowest BCUT2D eigenvalue weighted by Crippen LogP contribution is -2.18. The molecule has 4 N–H and O–H groups in total. The molecule has 1 aromatic heterocycles. The second-order valence-corrected chi connectivity index (χ2v) is 4.73. The van der Waals surface area contributed by atoms with Crippen molar-refractivity contribution in [3.8, 4) is 5.75 Å². The summed E-state index contributed by atoms with van der Waals surface area (Å²) in [7, 11) is 1.52. The van der Waals surface area contributed by atoms with Gasteiger partial charge in [0.15, 0.2) is 0 Å². The third kappa shape index (κ3) is 3.42. The van der Waals surface area contributed by atoms with Crippen LogP contribution in [0.2, 0.25) is 5.02 Å². The highest BCUT2D eigenvalue weighted by molar-refractivity contribution is 6.32. The number of nitrogen functional groups attached to an aromatic ring is 1. The van der Waals surface area contributed by atoms with E-state index in [-0.39, 0.29) is 5.91 Å². The zero-order valence-electron chi connectivity index (χ0n) is 11.6. The minimum absolute atomic E-state index is 0.336. The van der Waals surface area contributed by atoms with Crippen LogP contribution in [0.25, 0.3) is 0 Å². The SMILES string of the molecule is COc1ccc(NC(=O)c2cnc(C)cc2NN)cc1Cl. The number of carbonyl (C=O) groups is 1. The van der Waals surface area contributed by atoms with Gasteiger partial charge in [0.25, 0.3) is 5.91 Å². The van der Waals surface area contributed by atoms with Crippen LogP contribution in [0.5, 0.6) is 5.75 Å². The van der Waals surface area contributed by atoms with Gasteiger partial charge < -0.3 is 15.5 Å². The number of nitrogens with one attached hydrogen (secondary N) is 2. The number of anilines is 2. The summed E-state index contributed by atoms with van der Waals surface area (Å²) in [4.78, 5) is 16.3. The molecular formula is C14H15ClN4O2. The molecule has 1 amide bonds. The van der Waals surface area contributed by atoms with Gasteiger partial charge in [-0.05, 0) is 31.2 Å². The van der Waals surface area contributed by atoms with E-state index in [2.05, 4.69) is 15.7 Å². The second kappa shape index (κ2) is 6.43. The number of amides is 1. The molecule has 0 radical (unpaired) electrons. The lowest BCUT2D eigenvalue weighted by molar-refractivity contribution is 0.102. The summed E-state index contributed by atoms with van der Waals surface area (Å²) in [5.41, 5.74) is 4.63. The standard InChI is InChI=1S/C14H15ClN4O2/c1-8-5-12(19-16)10(7-17-8)14(20)18-9-3-4-13(21-2)11(15)6-9/h3-7H,16H2,1-2H3,(H,17,19)(H,18,20). The third-order valence-corrected chi connectivity index (χ3v) is 3.15. The Morgan fingerprint density at radius 1 is 1.38 bits per heavy atom. The zero-order chi connectivity index (χ0) is 15.4. The van der Waals surface area contributed by atoms with Gasteiger partial charge in [0.1, 0.15) is 5.75 Å². The van der Waals surface area contributed by atoms with Crippen LogP contribution in [0.4, 0.5) is 11.4 Å². The lowest BCUT2D eigenvalue weighted by Gasteiger charge is -2.11. The molecule has 0 aliphatic rings. The summed E-state index contributed by atoms with van der Waals surface area (Å²) in [6.45, 7) is 1.81. The van der Waals surface area contributed by atoms with Crippen LogP contribution >= 0.6 is 11.6 Å². The minimum Gasteiger partial charge on any atom is -0.495 e. The van der Waals surface area contributed by atoms with E-state index in [1.807, 2.05) is 6.92 Å². The molecule has 0 atom stereocenters. The van der Waals surface area contributed by atoms with Gasteiger partial charge in [-0.1, -0.05) is 11.6 Å². The number of hydrogen-bond donors (Lipinski definition) is 3. The maximum absolute atomic E-state index is 12.2. The highest BCUT2D eigenvalue weighted by Gasteiger charge is 2.13. The predicted octanol–water partition coefficient (Wildman–Crippen LogP) is 2.59. The van der Waals surface area contributed by atoms with Gasteiger partial charge in [0, 0.05) is 17.6 Å². The molecule has 2 rings (SSSR count). The lowest BCUT2D eigenvalue weighted by atomic mass is 10.2. The molecule has 0 saturated carbocycles. The summed E-state index contributed by atoms with van der Waals surface area (Å²) < 4.78 is 5.06. The van der Waals surface area contributed by atoms with E-state index in [1.165, 1.54) is 13.3 Å². The number of hydrogen-bond acceptors (Lipinski definition) is 5. The number of hydrazine groups is 1. The van der Waals surface area contributed by atoms with Crippen molar-refractivity contribution in [3.63, 3.8) is 0 Å². The van der Waals surface area contributed by atoms with Gasteiger partial charge in [-0.25, -0.2) is 0 Å². The predicted molar refractivity (Wildman–Crippen MR) is 82.7 cm³/mol. The summed E-state index contributed by atoms with van der Waals surface area (Å²) in [6.07, 6.45) is 1.46. The number of aromatic nitrogens is 1. The first-order valence-electron chi connectivity index (χ1n) is 6.13. The van der Waals surface area contributed by atoms with Crippen molar-refractivity contribution in [2.45, 2.75) is 6.92 Å². The van der Waals surface area contributed by atoms with Crippen LogP contribution in [0.1, 0.15) is 16.1 Å². The maximum Gasteiger partial charge on any atom is 0.259 e. The topological polar surface area (TPSA) is 89.3 Å². The molecule has 1 aromatic carbocycles. The number of carbonyl (C=O) groups excluding carboxylic acids is 1. The van der Waals surface area contributed by atoms with Crippen molar-refractivity contribution < 1.29 is 9.53 Å². The Balaban J connectivity index is 2.24. The number of methoxy groups -OCH3 is 1. The molecule has 21 heavy (non-hydrogen) atoms. The van der Waals surface area contributed by atoms with Crippen molar-refractivity contribution in [2.24, 2.45) is 5.84 Å². The van der Waals surface area contributed by atoms with E-state index in [0.717, 1.165) is 5.69 Å². The van der Waals surface area contributed by atoms with Crippen LogP contribution < -0.4 is 21.3 Å². The van der Waals surface area contributed by atoms with Gasteiger partial charge in [-0.15, -0.1) is 0 Å². The number of aryl methyl sites for hydroxylation is 1. The number of ether oxygens (including phenoxy) is 1. The average molecular weight is 307 g/mol. The first-order chi connectivity index (χ1) is 10.0. The van der Waals surface area contributed by atoms with Crippen LogP contribution in [0.3, 0.4) is 0 Å². The number of nitrogens with zero attached hydrogens (tertiary/aromatic N) is 1. The normalized spacial score (nSPS) is 10.1. The fourth-order valence-electron chi connectivity index (χ4n) is 1.80. The van der Waals surface area contributed by atoms with Crippen LogP contribution in [0.15, 0.2) is 30.5 Å². The maximum atomic E-state index is 12.2. The molecule has 0 aliphatic heterocycles. The van der Waals surface area contributed by atoms with Gasteiger partial charge in [0.2, 0.25) is 0 Å². The first-order valence-corrected chi connectivity index (χ1v) is 6.51. The quantitative estimate of drug-likeness (QED) is 0.597. The summed E-state index contributed by atoms with van der Waals surface area (Å²) >= 11 is 6.02. The number of pyridine rings is 1. The van der Waals surface area contributed by atoms with Crippen molar-refractivity contribution >= 4 is 28.9 Å². The van der Waals surface area contributed by atoms with Gasteiger partial charge >= 0.3 is 0 Å². The number of halogens is 1. The molecule has 0 unspecified atom stereocenters. The Morgan fingerprint density at radius 2 is 2.14 bits per heavy atom. The Morgan fingerprint density at radius 3 is 2.76 bits per heavy atom. The molecule has 6 nitrogen and oxygen atoms in total. The van der Waals surface area contributed by atoms with Crippen molar-refractivity contribution in [1.82, 2.24) is 4.98 Å². The molecule has 2 aromatic rings. The third-order valence-electron chi connectivity index (χ3n) is 2.85. The Hall–Kier alpha value is -2.31. The molecule has 1 heterocycles. The molecule has 0 saturated heterocycles. The van der Waals surface area contributed by atoms with Crippen LogP contribution in [-0.4, -0.2) is 18.0 Å². The van der Waals surface area contributed by atoms with Crippen LogP contribution in [-0.2, 0) is 0 Å². The molecule has 0 spiro atoms. The Bertz CT molecular complexity index is 676. The number of benzene rings is 1. The van der Waals surface area contributed by atoms with E-state index in [0.29, 0.717) is 27.7 Å². The largest absolute Gasteiger partial charge is 0.495 e. The van der Waals surface area contributed by atoms with E-state index in [1.54, 1.807) is 24.3 Å². The van der Waals surface area contributed by atoms with Gasteiger partial charge in [-0.3, -0.25) is 15.6 Å². The molecule has 0 aliphatic carbocycles. The fourth-order valence-corrected chi connectivity index (χ4v) is 2.06. The monoisotopic (exact) mass is 306 g/mol. The minimum atomic E-state index is -0.336. The van der Waals surface area contributed by atoms with Crippen molar-refractivity contribution in [3.05, 3.63) is 46.7 Å². The Kier molecular flexibility index (Phi) is 4.62. The van der Waals surface area contributed by atoms with Gasteiger partial charge in [-0.2, -0.15) is 0 Å². The first kappa shape index (κ1) is 15.1. The van der Waals surface area contributed by atoms with E-state index in [4.69, 9.17) is 22.2 Å². The molecule has 7 heteroatoms. The summed E-state index contributed by atoms with van der Waals surface area (Å²) in [6, 6.07) is 6.67. The zero-order valence-corrected chi connectivity index (χ0v) is 12.4. The second-order valence-electron chi connectivity index (χ2n) is 4.32. The van der Waals surface area contributed by atoms with E-state index < -0.39 is 0 Å². The summed E-state index contributed by atoms with van der Waals surface area (Å²) in [5.74, 6) is 5.62. The molecule has 110 valence electrons. The van der Waals surface area contributed by atoms with Crippen LogP contribution in [0, 0.1) is 6.92 Å². The van der Waals surface area contributed by atoms with E-state index >= 15 is 0 Å². The molecule has 0 fully saturated rings. The average Bonchev–Trinajstić information content (AvgIpc) is 2.47. The highest BCUT2D eigenvalue weighted by Crippen LogP contribution is 2.27.